The van der Waals surface area contributed by atoms with Crippen molar-refractivity contribution in [3.63, 3.8) is 0 Å². The fourth-order valence-corrected chi connectivity index (χ4v) is 3.24. The molecule has 138 valence electrons. The van der Waals surface area contributed by atoms with Crippen LogP contribution in [0.1, 0.15) is 24.3 Å². The maximum atomic E-state index is 12.0. The van der Waals surface area contributed by atoms with Gasteiger partial charge in [0, 0.05) is 11.8 Å². The van der Waals surface area contributed by atoms with Crippen molar-refractivity contribution < 1.29 is 19.1 Å². The van der Waals surface area contributed by atoms with Crippen molar-refractivity contribution in [3.8, 4) is 0 Å². The Labute approximate surface area is 164 Å². The molecule has 1 atom stereocenters. The summed E-state index contributed by atoms with van der Waals surface area (Å²) in [5.41, 5.74) is 0.329. The molecule has 9 heteroatoms. The van der Waals surface area contributed by atoms with Crippen LogP contribution in [0.3, 0.4) is 0 Å². The number of ether oxygens (including phenoxy) is 1. The molecule has 1 aromatic carbocycles. The number of rotatable bonds is 7. The summed E-state index contributed by atoms with van der Waals surface area (Å²) in [7, 11) is 0. The van der Waals surface area contributed by atoms with E-state index in [0.29, 0.717) is 10.7 Å². The molecule has 2 rings (SSSR count). The fraction of sp³-hybridized carbons (Fsp3) is 0.235. The van der Waals surface area contributed by atoms with E-state index in [1.807, 2.05) is 17.5 Å². The van der Waals surface area contributed by atoms with E-state index in [4.69, 9.17) is 27.9 Å². The van der Waals surface area contributed by atoms with Gasteiger partial charge in [0.25, 0.3) is 5.91 Å². The van der Waals surface area contributed by atoms with Crippen LogP contribution in [-0.2, 0) is 19.1 Å². The minimum atomic E-state index is -0.607. The summed E-state index contributed by atoms with van der Waals surface area (Å²) in [4.78, 5) is 36.1. The van der Waals surface area contributed by atoms with Crippen molar-refractivity contribution in [1.29, 1.82) is 0 Å². The molecule has 2 amide bonds. The molecule has 0 aliphatic heterocycles. The average molecular weight is 415 g/mol. The fourth-order valence-electron chi connectivity index (χ4n) is 2.12. The molecule has 0 saturated heterocycles. The highest BCUT2D eigenvalue weighted by atomic mass is 35.5. The largest absolute Gasteiger partial charge is 0.455 e. The summed E-state index contributed by atoms with van der Waals surface area (Å²) in [6.07, 6.45) is -0.0781. The van der Waals surface area contributed by atoms with Gasteiger partial charge in [-0.2, -0.15) is 0 Å². The molecular weight excluding hydrogens is 399 g/mol. The highest BCUT2D eigenvalue weighted by molar-refractivity contribution is 7.10. The number of esters is 1. The SMILES string of the molecule is CC(=O)NC(CC(=O)OCC(=O)Nc1cccc(Cl)c1Cl)c1cccs1. The molecule has 2 N–H and O–H groups in total. The summed E-state index contributed by atoms with van der Waals surface area (Å²) in [5, 5.41) is 7.56. The van der Waals surface area contributed by atoms with Gasteiger partial charge in [0.1, 0.15) is 0 Å². The standard InChI is InChI=1S/C17H16Cl2N2O4S/c1-10(22)20-13(14-6-3-7-26-14)8-16(24)25-9-15(23)21-12-5-2-4-11(18)17(12)19/h2-7,13H,8-9H2,1H3,(H,20,22)(H,21,23). The van der Waals surface area contributed by atoms with Gasteiger partial charge in [0.2, 0.25) is 5.91 Å². The van der Waals surface area contributed by atoms with E-state index in [1.54, 1.807) is 18.2 Å². The van der Waals surface area contributed by atoms with E-state index >= 15 is 0 Å². The number of amides is 2. The summed E-state index contributed by atoms with van der Waals surface area (Å²) in [6, 6.07) is 7.94. The number of nitrogens with one attached hydrogen (secondary N) is 2. The first-order chi connectivity index (χ1) is 12.4. The van der Waals surface area contributed by atoms with Crippen molar-refractivity contribution in [2.75, 3.05) is 11.9 Å². The van der Waals surface area contributed by atoms with E-state index < -0.39 is 24.5 Å². The summed E-state index contributed by atoms with van der Waals surface area (Å²) < 4.78 is 4.98. The maximum absolute atomic E-state index is 12.0. The Morgan fingerprint density at radius 3 is 2.62 bits per heavy atom. The number of carbonyl (C=O) groups is 3. The lowest BCUT2D eigenvalue weighted by atomic mass is 10.1. The summed E-state index contributed by atoms with van der Waals surface area (Å²) in [6.45, 7) is 0.896. The first-order valence-electron chi connectivity index (χ1n) is 7.57. The van der Waals surface area contributed by atoms with Crippen molar-refractivity contribution in [2.45, 2.75) is 19.4 Å². The van der Waals surface area contributed by atoms with E-state index in [9.17, 15) is 14.4 Å². The second kappa shape index (κ2) is 9.56. The highest BCUT2D eigenvalue weighted by Crippen LogP contribution is 2.29. The molecule has 0 fully saturated rings. The molecule has 0 saturated carbocycles. The molecule has 1 aromatic heterocycles. The molecule has 1 unspecified atom stereocenters. The Bertz CT molecular complexity index is 796. The van der Waals surface area contributed by atoms with Crippen LogP contribution in [0.15, 0.2) is 35.7 Å². The Hall–Kier alpha value is -2.09. The number of anilines is 1. The van der Waals surface area contributed by atoms with Gasteiger partial charge in [-0.15, -0.1) is 11.3 Å². The lowest BCUT2D eigenvalue weighted by molar-refractivity contribution is -0.147. The monoisotopic (exact) mass is 414 g/mol. The van der Waals surface area contributed by atoms with E-state index in [2.05, 4.69) is 10.6 Å². The number of hydrogen-bond donors (Lipinski definition) is 2. The molecule has 6 nitrogen and oxygen atoms in total. The molecular formula is C17H16Cl2N2O4S. The highest BCUT2D eigenvalue weighted by Gasteiger charge is 2.20. The van der Waals surface area contributed by atoms with Crippen LogP contribution in [0.2, 0.25) is 10.0 Å². The molecule has 1 heterocycles. The third kappa shape index (κ3) is 6.01. The van der Waals surface area contributed by atoms with Gasteiger partial charge in [-0.1, -0.05) is 35.3 Å². The molecule has 0 aliphatic carbocycles. The number of halogens is 2. The van der Waals surface area contributed by atoms with Crippen molar-refractivity contribution in [2.24, 2.45) is 0 Å². The number of benzene rings is 1. The minimum absolute atomic E-state index is 0.0781. The Balaban J connectivity index is 1.87. The van der Waals surface area contributed by atoms with Crippen LogP contribution >= 0.6 is 34.5 Å². The Morgan fingerprint density at radius 1 is 1.19 bits per heavy atom. The number of thiophene rings is 1. The van der Waals surface area contributed by atoms with E-state index in [-0.39, 0.29) is 17.4 Å². The third-order valence-electron chi connectivity index (χ3n) is 3.22. The van der Waals surface area contributed by atoms with Gasteiger partial charge in [-0.05, 0) is 23.6 Å². The number of carbonyl (C=O) groups excluding carboxylic acids is 3. The normalized spacial score (nSPS) is 11.5. The second-order valence-corrected chi connectivity index (χ2v) is 7.05. The number of hydrogen-bond acceptors (Lipinski definition) is 5. The zero-order chi connectivity index (χ0) is 19.1. The van der Waals surface area contributed by atoms with Gasteiger partial charge in [0.05, 0.1) is 28.2 Å². The second-order valence-electron chi connectivity index (χ2n) is 5.28. The first-order valence-corrected chi connectivity index (χ1v) is 9.20. The van der Waals surface area contributed by atoms with Gasteiger partial charge >= 0.3 is 5.97 Å². The summed E-state index contributed by atoms with van der Waals surface area (Å²) in [5.74, 6) is -1.41. The summed E-state index contributed by atoms with van der Waals surface area (Å²) >= 11 is 13.3. The van der Waals surface area contributed by atoms with Crippen LogP contribution in [0, 0.1) is 0 Å². The zero-order valence-electron chi connectivity index (χ0n) is 13.8. The quantitative estimate of drug-likeness (QED) is 0.674. The molecule has 0 spiro atoms. The van der Waals surface area contributed by atoms with Crippen molar-refractivity contribution >= 4 is 58.0 Å². The molecule has 0 aliphatic rings. The average Bonchev–Trinajstić information content (AvgIpc) is 3.11. The van der Waals surface area contributed by atoms with Gasteiger partial charge in [0.15, 0.2) is 6.61 Å². The third-order valence-corrected chi connectivity index (χ3v) is 5.03. The minimum Gasteiger partial charge on any atom is -0.455 e. The predicted octanol–water partition coefficient (Wildman–Crippen LogP) is 3.80. The maximum Gasteiger partial charge on any atom is 0.308 e. The van der Waals surface area contributed by atoms with Crippen LogP contribution in [-0.4, -0.2) is 24.4 Å². The Kier molecular flexibility index (Phi) is 7.44. The zero-order valence-corrected chi connectivity index (χ0v) is 16.1. The van der Waals surface area contributed by atoms with Crippen molar-refractivity contribution in [1.82, 2.24) is 5.32 Å². The van der Waals surface area contributed by atoms with E-state index in [1.165, 1.54) is 18.3 Å². The first kappa shape index (κ1) is 20.2. The molecule has 26 heavy (non-hydrogen) atoms. The molecule has 2 aromatic rings. The molecule has 0 radical (unpaired) electrons. The van der Waals surface area contributed by atoms with Gasteiger partial charge in [-0.3, -0.25) is 14.4 Å². The lowest BCUT2D eigenvalue weighted by Crippen LogP contribution is -2.29. The topological polar surface area (TPSA) is 84.5 Å². The lowest BCUT2D eigenvalue weighted by Gasteiger charge is -2.15. The Morgan fingerprint density at radius 2 is 1.96 bits per heavy atom. The predicted molar refractivity (Wildman–Crippen MR) is 102 cm³/mol. The smallest absolute Gasteiger partial charge is 0.308 e. The van der Waals surface area contributed by atoms with Crippen LogP contribution in [0.25, 0.3) is 0 Å². The van der Waals surface area contributed by atoms with Crippen LogP contribution in [0.5, 0.6) is 0 Å². The van der Waals surface area contributed by atoms with Crippen molar-refractivity contribution in [3.05, 3.63) is 50.6 Å². The van der Waals surface area contributed by atoms with Crippen LogP contribution in [0.4, 0.5) is 5.69 Å². The van der Waals surface area contributed by atoms with Gasteiger partial charge < -0.3 is 15.4 Å². The van der Waals surface area contributed by atoms with Crippen LogP contribution < -0.4 is 10.6 Å². The van der Waals surface area contributed by atoms with E-state index in [0.717, 1.165) is 4.88 Å². The van der Waals surface area contributed by atoms with Gasteiger partial charge in [-0.25, -0.2) is 0 Å². The molecule has 0 bridgehead atoms.